The highest BCUT2D eigenvalue weighted by Crippen LogP contribution is 2.41. The van der Waals surface area contributed by atoms with Crippen molar-refractivity contribution in [2.75, 3.05) is 19.8 Å². The number of phenolic OH excluding ortho intramolecular Hbond substituents is 1. The molecule has 0 heterocycles. The molecule has 0 aromatic heterocycles. The molecule has 0 atom stereocenters. The van der Waals surface area contributed by atoms with E-state index in [9.17, 15) is 10.2 Å². The predicted molar refractivity (Wildman–Crippen MR) is 99.2 cm³/mol. The molecule has 0 bridgehead atoms. The number of benzene rings is 1. The van der Waals surface area contributed by atoms with E-state index in [4.69, 9.17) is 14.2 Å². The molecule has 0 amide bonds. The zero-order chi connectivity index (χ0) is 19.5. The van der Waals surface area contributed by atoms with Crippen molar-refractivity contribution in [3.63, 3.8) is 0 Å². The van der Waals surface area contributed by atoms with Gasteiger partial charge in [-0.1, -0.05) is 41.5 Å². The van der Waals surface area contributed by atoms with Crippen molar-refractivity contribution in [1.82, 2.24) is 0 Å². The van der Waals surface area contributed by atoms with Crippen molar-refractivity contribution < 1.29 is 24.4 Å². The molecule has 1 aromatic rings. The summed E-state index contributed by atoms with van der Waals surface area (Å²) >= 11 is 0. The van der Waals surface area contributed by atoms with Gasteiger partial charge in [-0.05, 0) is 36.8 Å². The van der Waals surface area contributed by atoms with Crippen molar-refractivity contribution >= 4 is 0 Å². The number of aliphatic hydroxyl groups is 1. The number of ether oxygens (including phenoxy) is 3. The topological polar surface area (TPSA) is 68.2 Å². The summed E-state index contributed by atoms with van der Waals surface area (Å²) in [6.45, 7) is 16.2. The van der Waals surface area contributed by atoms with E-state index in [2.05, 4.69) is 0 Å². The van der Waals surface area contributed by atoms with Gasteiger partial charge in [0.05, 0.1) is 0 Å². The Morgan fingerprint density at radius 3 is 1.56 bits per heavy atom. The maximum atomic E-state index is 10.7. The summed E-state index contributed by atoms with van der Waals surface area (Å²) in [5.41, 5.74) is 1.09. The van der Waals surface area contributed by atoms with Crippen LogP contribution in [0.15, 0.2) is 12.1 Å². The Bertz CT molecular complexity index is 525. The highest BCUT2D eigenvalue weighted by Gasteiger charge is 2.31. The third kappa shape index (κ3) is 5.87. The fraction of sp³-hybridized carbons (Fsp3) is 0.700. The van der Waals surface area contributed by atoms with Crippen molar-refractivity contribution in [2.45, 2.75) is 72.2 Å². The van der Waals surface area contributed by atoms with Crippen LogP contribution in [0.1, 0.15) is 66.5 Å². The van der Waals surface area contributed by atoms with Crippen LogP contribution < -0.4 is 4.74 Å². The molecule has 0 saturated carbocycles. The number of phenols is 1. The van der Waals surface area contributed by atoms with E-state index < -0.39 is 5.97 Å². The molecule has 0 saturated heterocycles. The van der Waals surface area contributed by atoms with Crippen LogP contribution in [0.5, 0.6) is 11.5 Å². The number of hydrogen-bond donors (Lipinski definition) is 2. The van der Waals surface area contributed by atoms with Crippen LogP contribution >= 0.6 is 0 Å². The Morgan fingerprint density at radius 1 is 0.840 bits per heavy atom. The van der Waals surface area contributed by atoms with E-state index in [0.29, 0.717) is 19.0 Å². The van der Waals surface area contributed by atoms with Crippen molar-refractivity contribution in [3.8, 4) is 11.5 Å². The van der Waals surface area contributed by atoms with Gasteiger partial charge in [0.15, 0.2) is 6.61 Å². The molecule has 0 fully saturated rings. The molecule has 25 heavy (non-hydrogen) atoms. The molecular formula is C20H34O5. The molecule has 1 rings (SSSR count). The standard InChI is InChI=1S/C20H34O5/c1-9-24-20(22,25-10-2)13-23-14-11-15(18(3,4)5)17(21)16(12-14)19(6,7)8/h11-12,21-22H,9-10,13H2,1-8H3. The lowest BCUT2D eigenvalue weighted by Crippen LogP contribution is -2.42. The summed E-state index contributed by atoms with van der Waals surface area (Å²) in [6.07, 6.45) is 0. The van der Waals surface area contributed by atoms with Crippen molar-refractivity contribution in [3.05, 3.63) is 23.3 Å². The lowest BCUT2D eigenvalue weighted by atomic mass is 9.79. The zero-order valence-electron chi connectivity index (χ0n) is 16.9. The highest BCUT2D eigenvalue weighted by molar-refractivity contribution is 5.51. The van der Waals surface area contributed by atoms with Gasteiger partial charge in [-0.2, -0.15) is 0 Å². The summed E-state index contributed by atoms with van der Waals surface area (Å²) in [4.78, 5) is 0. The maximum absolute atomic E-state index is 10.7. The molecule has 0 unspecified atom stereocenters. The van der Waals surface area contributed by atoms with Gasteiger partial charge >= 0.3 is 5.97 Å². The van der Waals surface area contributed by atoms with E-state index in [1.165, 1.54) is 0 Å². The smallest absolute Gasteiger partial charge is 0.316 e. The molecule has 2 N–H and O–H groups in total. The van der Waals surface area contributed by atoms with Crippen LogP contribution in [0.3, 0.4) is 0 Å². The van der Waals surface area contributed by atoms with E-state index in [1.54, 1.807) is 13.8 Å². The second kappa shape index (κ2) is 7.94. The first-order chi connectivity index (χ1) is 11.3. The van der Waals surface area contributed by atoms with Crippen LogP contribution in [-0.2, 0) is 20.3 Å². The molecular weight excluding hydrogens is 320 g/mol. The fourth-order valence-corrected chi connectivity index (χ4v) is 2.59. The second-order valence-electron chi connectivity index (χ2n) is 8.23. The third-order valence-electron chi connectivity index (χ3n) is 3.86. The van der Waals surface area contributed by atoms with E-state index in [1.807, 2.05) is 53.7 Å². The van der Waals surface area contributed by atoms with Gasteiger partial charge in [0.1, 0.15) is 11.5 Å². The normalized spacial score (nSPS) is 13.2. The van der Waals surface area contributed by atoms with Crippen molar-refractivity contribution in [2.24, 2.45) is 0 Å². The molecule has 0 aliphatic rings. The molecule has 0 aliphatic carbocycles. The predicted octanol–water partition coefficient (Wildman–Crippen LogP) is 4.09. The Hall–Kier alpha value is -1.30. The maximum Gasteiger partial charge on any atom is 0.316 e. The molecule has 0 aliphatic heterocycles. The molecule has 5 nitrogen and oxygen atoms in total. The average Bonchev–Trinajstić information content (AvgIpc) is 2.44. The average molecular weight is 354 g/mol. The van der Waals surface area contributed by atoms with Gasteiger partial charge in [-0.3, -0.25) is 0 Å². The quantitative estimate of drug-likeness (QED) is 0.722. The van der Waals surface area contributed by atoms with Gasteiger partial charge in [0, 0.05) is 24.3 Å². The lowest BCUT2D eigenvalue weighted by molar-refractivity contribution is -0.366. The first kappa shape index (κ1) is 21.7. The van der Waals surface area contributed by atoms with E-state index in [-0.39, 0.29) is 23.2 Å². The minimum atomic E-state index is -1.79. The first-order valence-electron chi connectivity index (χ1n) is 8.85. The Balaban J connectivity index is 3.23. The summed E-state index contributed by atoms with van der Waals surface area (Å²) in [5, 5.41) is 21.1. The number of aromatic hydroxyl groups is 1. The van der Waals surface area contributed by atoms with Crippen LogP contribution in [0.25, 0.3) is 0 Å². The molecule has 144 valence electrons. The second-order valence-corrected chi connectivity index (χ2v) is 8.23. The largest absolute Gasteiger partial charge is 0.507 e. The SMILES string of the molecule is CCOC(O)(COc1cc(C(C)(C)C)c(O)c(C(C)(C)C)c1)OCC. The van der Waals surface area contributed by atoms with Gasteiger partial charge in [0.2, 0.25) is 0 Å². The summed E-state index contributed by atoms with van der Waals surface area (Å²) in [6, 6.07) is 3.62. The number of rotatable bonds is 7. The molecule has 1 aromatic carbocycles. The summed E-state index contributed by atoms with van der Waals surface area (Å²) < 4.78 is 16.3. The Kier molecular flexibility index (Phi) is 6.90. The molecule has 0 radical (unpaired) electrons. The molecule has 0 spiro atoms. The van der Waals surface area contributed by atoms with Gasteiger partial charge in [0.25, 0.3) is 0 Å². The molecule has 5 heteroatoms. The van der Waals surface area contributed by atoms with E-state index in [0.717, 1.165) is 11.1 Å². The Labute approximate surface area is 151 Å². The van der Waals surface area contributed by atoms with E-state index >= 15 is 0 Å². The van der Waals surface area contributed by atoms with Crippen LogP contribution in [0.4, 0.5) is 0 Å². The summed E-state index contributed by atoms with van der Waals surface area (Å²) in [5.74, 6) is -0.937. The van der Waals surface area contributed by atoms with Crippen LogP contribution in [0, 0.1) is 0 Å². The van der Waals surface area contributed by atoms with Crippen LogP contribution in [0.2, 0.25) is 0 Å². The van der Waals surface area contributed by atoms with Crippen molar-refractivity contribution in [1.29, 1.82) is 0 Å². The third-order valence-corrected chi connectivity index (χ3v) is 3.86. The van der Waals surface area contributed by atoms with Gasteiger partial charge in [-0.15, -0.1) is 0 Å². The summed E-state index contributed by atoms with van der Waals surface area (Å²) in [7, 11) is 0. The monoisotopic (exact) mass is 354 g/mol. The minimum absolute atomic E-state index is 0.160. The number of hydrogen-bond acceptors (Lipinski definition) is 5. The Morgan fingerprint density at radius 2 is 1.24 bits per heavy atom. The highest BCUT2D eigenvalue weighted by atomic mass is 16.8. The van der Waals surface area contributed by atoms with Gasteiger partial charge < -0.3 is 24.4 Å². The minimum Gasteiger partial charge on any atom is -0.507 e. The van der Waals surface area contributed by atoms with Crippen LogP contribution in [-0.4, -0.2) is 36.0 Å². The fourth-order valence-electron chi connectivity index (χ4n) is 2.59. The van der Waals surface area contributed by atoms with Gasteiger partial charge in [-0.25, -0.2) is 0 Å². The zero-order valence-corrected chi connectivity index (χ0v) is 16.9. The first-order valence-corrected chi connectivity index (χ1v) is 8.85. The lowest BCUT2D eigenvalue weighted by Gasteiger charge is -2.30.